The van der Waals surface area contributed by atoms with E-state index in [2.05, 4.69) is 6.07 Å². The highest BCUT2D eigenvalue weighted by Crippen LogP contribution is 2.63. The lowest BCUT2D eigenvalue weighted by Gasteiger charge is -2.29. The summed E-state index contributed by atoms with van der Waals surface area (Å²) in [5.41, 5.74) is -0.209. The molecule has 2 aliphatic rings. The van der Waals surface area contributed by atoms with Crippen molar-refractivity contribution in [2.45, 2.75) is 38.2 Å². The van der Waals surface area contributed by atoms with Crippen molar-refractivity contribution in [3.05, 3.63) is 33.8 Å². The summed E-state index contributed by atoms with van der Waals surface area (Å²) >= 11 is 12.1. The summed E-state index contributed by atoms with van der Waals surface area (Å²) in [4.78, 5) is 14.0. The first-order valence-corrected chi connectivity index (χ1v) is 8.79. The monoisotopic (exact) mass is 366 g/mol. The smallest absolute Gasteiger partial charge is 0.410 e. The van der Waals surface area contributed by atoms with Gasteiger partial charge in [0, 0.05) is 19.0 Å². The summed E-state index contributed by atoms with van der Waals surface area (Å²) in [7, 11) is 0. The van der Waals surface area contributed by atoms with E-state index >= 15 is 0 Å². The van der Waals surface area contributed by atoms with Crippen molar-refractivity contribution in [3.63, 3.8) is 0 Å². The molecule has 128 valence electrons. The number of hydrogen-bond donors (Lipinski definition) is 0. The molecular formula is C18H20Cl2N2O2. The topological polar surface area (TPSA) is 53.3 Å². The minimum absolute atomic E-state index is 0.112. The summed E-state index contributed by atoms with van der Waals surface area (Å²) in [5, 5.41) is 10.8. The molecule has 4 nitrogen and oxygen atoms in total. The van der Waals surface area contributed by atoms with Gasteiger partial charge in [-0.3, -0.25) is 0 Å². The lowest BCUT2D eigenvalue weighted by Crippen LogP contribution is -2.40. The molecule has 1 saturated heterocycles. The van der Waals surface area contributed by atoms with Crippen LogP contribution in [0.1, 0.15) is 32.8 Å². The molecule has 1 amide bonds. The van der Waals surface area contributed by atoms with Crippen molar-refractivity contribution in [1.29, 1.82) is 5.26 Å². The van der Waals surface area contributed by atoms with Crippen LogP contribution < -0.4 is 0 Å². The van der Waals surface area contributed by atoms with Gasteiger partial charge >= 0.3 is 6.09 Å². The Balaban J connectivity index is 1.80. The lowest BCUT2D eigenvalue weighted by molar-refractivity contribution is 0.0207. The Labute approximate surface area is 152 Å². The standard InChI is InChI=1S/C18H20Cl2N2O2/c1-17(2,3)24-16(23)22-7-6-12-13(9-22)18(12,10-21)11-4-5-14(19)15(20)8-11/h4-5,8,12-13H,6-7,9H2,1-3H3. The van der Waals surface area contributed by atoms with Gasteiger partial charge in [0.25, 0.3) is 0 Å². The second kappa shape index (κ2) is 5.82. The molecule has 1 aliphatic carbocycles. The Kier molecular flexibility index (Phi) is 4.22. The number of amides is 1. The first kappa shape index (κ1) is 17.4. The number of carbonyl (C=O) groups is 1. The summed E-state index contributed by atoms with van der Waals surface area (Å²) in [6.45, 7) is 6.70. The molecule has 3 rings (SSSR count). The van der Waals surface area contributed by atoms with E-state index in [-0.39, 0.29) is 17.9 Å². The molecule has 3 atom stereocenters. The van der Waals surface area contributed by atoms with Gasteiger partial charge in [-0.25, -0.2) is 4.79 Å². The molecule has 2 fully saturated rings. The summed E-state index contributed by atoms with van der Waals surface area (Å²) in [6.07, 6.45) is 0.478. The number of carbonyl (C=O) groups excluding carboxylic acids is 1. The third-order valence-corrected chi connectivity index (χ3v) is 5.65. The van der Waals surface area contributed by atoms with Gasteiger partial charge in [0.05, 0.1) is 21.5 Å². The molecule has 1 aromatic carbocycles. The van der Waals surface area contributed by atoms with E-state index in [4.69, 9.17) is 27.9 Å². The van der Waals surface area contributed by atoms with E-state index in [0.717, 1.165) is 12.0 Å². The molecule has 1 aromatic rings. The van der Waals surface area contributed by atoms with Crippen molar-refractivity contribution < 1.29 is 9.53 Å². The van der Waals surface area contributed by atoms with E-state index in [0.29, 0.717) is 23.1 Å². The molecule has 1 heterocycles. The van der Waals surface area contributed by atoms with Crippen molar-refractivity contribution in [3.8, 4) is 6.07 Å². The number of fused-ring (bicyclic) bond motifs is 1. The quantitative estimate of drug-likeness (QED) is 0.727. The Morgan fingerprint density at radius 3 is 2.62 bits per heavy atom. The van der Waals surface area contributed by atoms with Crippen LogP contribution in [0, 0.1) is 23.2 Å². The molecule has 0 radical (unpaired) electrons. The predicted molar refractivity (Wildman–Crippen MR) is 93.2 cm³/mol. The number of halogens is 2. The Morgan fingerprint density at radius 1 is 1.33 bits per heavy atom. The van der Waals surface area contributed by atoms with E-state index in [1.165, 1.54) is 0 Å². The fourth-order valence-corrected chi connectivity index (χ4v) is 4.06. The highest BCUT2D eigenvalue weighted by molar-refractivity contribution is 6.42. The number of benzene rings is 1. The highest BCUT2D eigenvalue weighted by atomic mass is 35.5. The molecule has 6 heteroatoms. The zero-order valence-electron chi connectivity index (χ0n) is 14.0. The van der Waals surface area contributed by atoms with E-state index in [1.807, 2.05) is 26.8 Å². The second-order valence-corrected chi connectivity index (χ2v) is 8.35. The number of ether oxygens (including phenoxy) is 1. The first-order valence-electron chi connectivity index (χ1n) is 8.04. The molecule has 1 saturated carbocycles. The maximum atomic E-state index is 12.3. The third-order valence-electron chi connectivity index (χ3n) is 4.91. The number of rotatable bonds is 1. The number of hydrogen-bond acceptors (Lipinski definition) is 3. The first-order chi connectivity index (χ1) is 11.2. The van der Waals surface area contributed by atoms with E-state index < -0.39 is 11.0 Å². The van der Waals surface area contributed by atoms with Crippen molar-refractivity contribution in [1.82, 2.24) is 4.90 Å². The lowest BCUT2D eigenvalue weighted by atomic mass is 9.93. The molecule has 0 bridgehead atoms. The van der Waals surface area contributed by atoms with Crippen LogP contribution in [-0.2, 0) is 10.2 Å². The average molecular weight is 367 g/mol. The van der Waals surface area contributed by atoms with Gasteiger partial charge in [-0.1, -0.05) is 29.3 Å². The summed E-state index contributed by atoms with van der Waals surface area (Å²) in [6, 6.07) is 7.86. The molecule has 0 aromatic heterocycles. The van der Waals surface area contributed by atoms with Crippen LogP contribution in [0.15, 0.2) is 18.2 Å². The maximum absolute atomic E-state index is 12.3. The third kappa shape index (κ3) is 2.85. The average Bonchev–Trinajstić information content (AvgIpc) is 3.16. The number of piperidine rings is 1. The molecule has 0 spiro atoms. The largest absolute Gasteiger partial charge is 0.444 e. The Bertz CT molecular complexity index is 723. The summed E-state index contributed by atoms with van der Waals surface area (Å²) in [5.74, 6) is 0.361. The van der Waals surface area contributed by atoms with E-state index in [9.17, 15) is 10.1 Å². The maximum Gasteiger partial charge on any atom is 0.410 e. The molecule has 0 N–H and O–H groups in total. The van der Waals surface area contributed by atoms with Gasteiger partial charge in [0.2, 0.25) is 0 Å². The van der Waals surface area contributed by atoms with Gasteiger partial charge in [-0.2, -0.15) is 5.26 Å². The zero-order valence-corrected chi connectivity index (χ0v) is 15.5. The van der Waals surface area contributed by atoms with Crippen LogP contribution >= 0.6 is 23.2 Å². The normalized spacial score (nSPS) is 28.8. The SMILES string of the molecule is CC(C)(C)OC(=O)N1CCC2C(C1)C2(C#N)c1ccc(Cl)c(Cl)c1. The fraction of sp³-hybridized carbons (Fsp3) is 0.556. The van der Waals surface area contributed by atoms with Crippen LogP contribution in [0.2, 0.25) is 10.0 Å². The second-order valence-electron chi connectivity index (χ2n) is 7.54. The number of likely N-dealkylation sites (tertiary alicyclic amines) is 1. The van der Waals surface area contributed by atoms with Crippen LogP contribution in [0.5, 0.6) is 0 Å². The van der Waals surface area contributed by atoms with Gasteiger partial charge in [-0.05, 0) is 50.8 Å². The number of nitrogens with zero attached hydrogens (tertiary/aromatic N) is 2. The Hall–Kier alpha value is -1.44. The fourth-order valence-electron chi connectivity index (χ4n) is 3.77. The zero-order chi connectivity index (χ0) is 17.7. The van der Waals surface area contributed by atoms with Crippen molar-refractivity contribution >= 4 is 29.3 Å². The summed E-state index contributed by atoms with van der Waals surface area (Å²) < 4.78 is 5.45. The van der Waals surface area contributed by atoms with Gasteiger partial charge in [0.15, 0.2) is 0 Å². The number of nitriles is 1. The predicted octanol–water partition coefficient (Wildman–Crippen LogP) is 4.64. The minimum Gasteiger partial charge on any atom is -0.444 e. The molecule has 1 aliphatic heterocycles. The van der Waals surface area contributed by atoms with Gasteiger partial charge in [0.1, 0.15) is 5.60 Å². The Morgan fingerprint density at radius 2 is 2.04 bits per heavy atom. The molecular weight excluding hydrogens is 347 g/mol. The van der Waals surface area contributed by atoms with E-state index in [1.54, 1.807) is 17.0 Å². The molecule has 24 heavy (non-hydrogen) atoms. The van der Waals surface area contributed by atoms with Crippen LogP contribution in [0.4, 0.5) is 4.79 Å². The highest BCUT2D eigenvalue weighted by Gasteiger charge is 2.68. The van der Waals surface area contributed by atoms with Crippen LogP contribution in [0.3, 0.4) is 0 Å². The minimum atomic E-state index is -0.578. The van der Waals surface area contributed by atoms with Gasteiger partial charge < -0.3 is 9.64 Å². The van der Waals surface area contributed by atoms with Gasteiger partial charge in [-0.15, -0.1) is 0 Å². The van der Waals surface area contributed by atoms with Crippen molar-refractivity contribution in [2.24, 2.45) is 11.8 Å². The molecule has 3 unspecified atom stereocenters. The van der Waals surface area contributed by atoms with Crippen molar-refractivity contribution in [2.75, 3.05) is 13.1 Å². The van der Waals surface area contributed by atoms with Crippen LogP contribution in [0.25, 0.3) is 0 Å². The van der Waals surface area contributed by atoms with Crippen LogP contribution in [-0.4, -0.2) is 29.7 Å².